The van der Waals surface area contributed by atoms with Gasteiger partial charge < -0.3 is 5.11 Å². The van der Waals surface area contributed by atoms with Gasteiger partial charge in [0.25, 0.3) is 0 Å². The third-order valence-corrected chi connectivity index (χ3v) is 3.52. The molecule has 1 aromatic carbocycles. The van der Waals surface area contributed by atoms with Crippen molar-refractivity contribution in [3.63, 3.8) is 0 Å². The topological polar surface area (TPSA) is 94.3 Å². The van der Waals surface area contributed by atoms with E-state index >= 15 is 0 Å². The third-order valence-electron chi connectivity index (χ3n) is 2.67. The van der Waals surface area contributed by atoms with Gasteiger partial charge in [-0.3, -0.25) is 9.69 Å². The highest BCUT2D eigenvalue weighted by molar-refractivity contribution is 7.14. The molecule has 1 heterocycles. The maximum Gasteiger partial charge on any atom is 0.346 e. The van der Waals surface area contributed by atoms with Crippen LogP contribution in [0, 0.1) is 11.3 Å². The first-order chi connectivity index (χ1) is 10.5. The van der Waals surface area contributed by atoms with Gasteiger partial charge in [0.15, 0.2) is 5.13 Å². The summed E-state index contributed by atoms with van der Waals surface area (Å²) in [7, 11) is 0. The zero-order valence-electron chi connectivity index (χ0n) is 11.6. The van der Waals surface area contributed by atoms with E-state index in [9.17, 15) is 9.59 Å². The van der Waals surface area contributed by atoms with Crippen molar-refractivity contribution in [1.29, 1.82) is 5.26 Å². The zero-order chi connectivity index (χ0) is 16.1. The number of rotatable bonds is 4. The average molecular weight is 313 g/mol. The summed E-state index contributed by atoms with van der Waals surface area (Å²) in [4.78, 5) is 28.3. The number of hydrogen-bond acceptors (Lipinski definition) is 5. The van der Waals surface area contributed by atoms with E-state index in [0.29, 0.717) is 16.5 Å². The van der Waals surface area contributed by atoms with Crippen molar-refractivity contribution < 1.29 is 14.7 Å². The maximum atomic E-state index is 11.9. The van der Waals surface area contributed by atoms with Crippen LogP contribution >= 0.6 is 11.3 Å². The normalized spacial score (nSPS) is 10.8. The van der Waals surface area contributed by atoms with Gasteiger partial charge in [0.1, 0.15) is 11.6 Å². The van der Waals surface area contributed by atoms with Crippen LogP contribution in [0.4, 0.5) is 10.8 Å². The highest BCUT2D eigenvalue weighted by atomic mass is 32.1. The SMILES string of the molecule is CC(=O)N(c1ccccc1)c1nc(/C=C(/C#N)C(=O)O)cs1. The van der Waals surface area contributed by atoms with Crippen molar-refractivity contribution in [2.45, 2.75) is 6.92 Å². The fraction of sp³-hybridized carbons (Fsp3) is 0.0667. The molecule has 7 heteroatoms. The molecule has 6 nitrogen and oxygen atoms in total. The first kappa shape index (κ1) is 15.4. The van der Waals surface area contributed by atoms with Gasteiger partial charge in [0.05, 0.1) is 11.4 Å². The monoisotopic (exact) mass is 313 g/mol. The van der Waals surface area contributed by atoms with Gasteiger partial charge in [-0.05, 0) is 18.2 Å². The molecule has 0 radical (unpaired) electrons. The number of nitrogens with zero attached hydrogens (tertiary/aromatic N) is 3. The Hall–Kier alpha value is -2.98. The molecule has 0 saturated carbocycles. The number of aromatic nitrogens is 1. The van der Waals surface area contributed by atoms with E-state index in [1.807, 2.05) is 6.07 Å². The highest BCUT2D eigenvalue weighted by Gasteiger charge is 2.17. The molecule has 0 aliphatic carbocycles. The smallest absolute Gasteiger partial charge is 0.346 e. The van der Waals surface area contributed by atoms with E-state index in [4.69, 9.17) is 10.4 Å². The largest absolute Gasteiger partial charge is 0.477 e. The molecule has 0 fully saturated rings. The zero-order valence-corrected chi connectivity index (χ0v) is 12.4. The predicted molar refractivity (Wildman–Crippen MR) is 82.6 cm³/mol. The van der Waals surface area contributed by atoms with Crippen LogP contribution in [-0.2, 0) is 9.59 Å². The van der Waals surface area contributed by atoms with E-state index in [2.05, 4.69) is 4.98 Å². The molecule has 0 aliphatic heterocycles. The second-order valence-electron chi connectivity index (χ2n) is 4.22. The Balaban J connectivity index is 2.39. The Morgan fingerprint density at radius 1 is 1.36 bits per heavy atom. The lowest BCUT2D eigenvalue weighted by Gasteiger charge is -2.17. The number of benzene rings is 1. The van der Waals surface area contributed by atoms with Gasteiger partial charge in [-0.2, -0.15) is 5.26 Å². The fourth-order valence-electron chi connectivity index (χ4n) is 1.74. The number of hydrogen-bond donors (Lipinski definition) is 1. The van der Waals surface area contributed by atoms with Crippen molar-refractivity contribution in [1.82, 2.24) is 4.98 Å². The van der Waals surface area contributed by atoms with Crippen molar-refractivity contribution in [2.75, 3.05) is 4.90 Å². The van der Waals surface area contributed by atoms with Gasteiger partial charge in [-0.15, -0.1) is 11.3 Å². The minimum absolute atomic E-state index is 0.213. The number of carbonyl (C=O) groups is 2. The molecule has 110 valence electrons. The number of amides is 1. The number of aliphatic carboxylic acids is 1. The standard InChI is InChI=1S/C15H11N3O3S/c1-10(19)18(13-5-3-2-4-6-13)15-17-12(9-22-15)7-11(8-16)14(20)21/h2-7,9H,1H3,(H,20,21)/b11-7-. The van der Waals surface area contributed by atoms with Crippen molar-refractivity contribution in [3.8, 4) is 6.07 Å². The summed E-state index contributed by atoms with van der Waals surface area (Å²) in [6.07, 6.45) is 1.17. The molecule has 0 aliphatic rings. The summed E-state index contributed by atoms with van der Waals surface area (Å²) in [5.74, 6) is -1.53. The molecule has 0 unspecified atom stereocenters. The molecule has 0 atom stereocenters. The Kier molecular flexibility index (Phi) is 4.66. The quantitative estimate of drug-likeness (QED) is 0.692. The van der Waals surface area contributed by atoms with Crippen molar-refractivity contribution >= 4 is 40.1 Å². The fourth-order valence-corrected chi connectivity index (χ4v) is 2.58. The maximum absolute atomic E-state index is 11.9. The molecule has 1 amide bonds. The van der Waals surface area contributed by atoms with E-state index in [1.165, 1.54) is 29.2 Å². The van der Waals surface area contributed by atoms with Gasteiger partial charge in [-0.25, -0.2) is 9.78 Å². The van der Waals surface area contributed by atoms with E-state index in [1.54, 1.807) is 35.7 Å². The van der Waals surface area contributed by atoms with Gasteiger partial charge >= 0.3 is 5.97 Å². The lowest BCUT2D eigenvalue weighted by Crippen LogP contribution is -2.22. The molecule has 22 heavy (non-hydrogen) atoms. The second kappa shape index (κ2) is 6.65. The lowest BCUT2D eigenvalue weighted by atomic mass is 10.2. The molecule has 1 aromatic heterocycles. The van der Waals surface area contributed by atoms with Crippen LogP contribution in [0.15, 0.2) is 41.3 Å². The molecular weight excluding hydrogens is 302 g/mol. The second-order valence-corrected chi connectivity index (χ2v) is 5.06. The molecule has 0 bridgehead atoms. The van der Waals surface area contributed by atoms with Crippen LogP contribution in [-0.4, -0.2) is 22.0 Å². The van der Waals surface area contributed by atoms with Crippen LogP contribution in [0.3, 0.4) is 0 Å². The molecule has 1 N–H and O–H groups in total. The Labute approximate surface area is 130 Å². The highest BCUT2D eigenvalue weighted by Crippen LogP contribution is 2.29. The molecule has 0 saturated heterocycles. The van der Waals surface area contributed by atoms with E-state index in [0.717, 1.165) is 0 Å². The summed E-state index contributed by atoms with van der Waals surface area (Å²) >= 11 is 1.19. The molecular formula is C15H11N3O3S. The van der Waals surface area contributed by atoms with Gasteiger partial charge in [0.2, 0.25) is 5.91 Å². The first-order valence-corrected chi connectivity index (χ1v) is 7.07. The number of nitriles is 1. The van der Waals surface area contributed by atoms with Crippen LogP contribution in [0.2, 0.25) is 0 Å². The number of para-hydroxylation sites is 1. The number of thiazole rings is 1. The Bertz CT molecular complexity index is 775. The average Bonchev–Trinajstić information content (AvgIpc) is 2.93. The van der Waals surface area contributed by atoms with Crippen LogP contribution in [0.1, 0.15) is 12.6 Å². The predicted octanol–water partition coefficient (Wildman–Crippen LogP) is 2.82. The summed E-state index contributed by atoms with van der Waals surface area (Å²) in [5, 5.41) is 19.6. The van der Waals surface area contributed by atoms with Crippen LogP contribution in [0.25, 0.3) is 6.08 Å². The summed E-state index contributed by atoms with van der Waals surface area (Å²) in [6, 6.07) is 10.6. The number of anilines is 2. The van der Waals surface area contributed by atoms with Gasteiger partial charge in [-0.1, -0.05) is 18.2 Å². The minimum Gasteiger partial charge on any atom is -0.477 e. The molecule has 2 aromatic rings. The van der Waals surface area contributed by atoms with Crippen LogP contribution in [0.5, 0.6) is 0 Å². The molecule has 0 spiro atoms. The number of carboxylic acids is 1. The summed E-state index contributed by atoms with van der Waals surface area (Å²) < 4.78 is 0. The first-order valence-electron chi connectivity index (χ1n) is 6.19. The van der Waals surface area contributed by atoms with Crippen LogP contribution < -0.4 is 4.90 Å². The third kappa shape index (κ3) is 3.37. The van der Waals surface area contributed by atoms with Crippen molar-refractivity contribution in [3.05, 3.63) is 47.0 Å². The Morgan fingerprint density at radius 3 is 2.59 bits per heavy atom. The van der Waals surface area contributed by atoms with E-state index in [-0.39, 0.29) is 5.91 Å². The van der Waals surface area contributed by atoms with E-state index < -0.39 is 11.5 Å². The minimum atomic E-state index is -1.32. The number of carboxylic acid groups (broad SMARTS) is 1. The summed E-state index contributed by atoms with van der Waals surface area (Å²) in [6.45, 7) is 1.42. The Morgan fingerprint density at radius 2 is 2.05 bits per heavy atom. The molecule has 2 rings (SSSR count). The van der Waals surface area contributed by atoms with Crippen molar-refractivity contribution in [2.24, 2.45) is 0 Å². The number of carbonyl (C=O) groups excluding carboxylic acids is 1. The summed E-state index contributed by atoms with van der Waals surface area (Å²) in [5.41, 5.74) is 0.575. The van der Waals surface area contributed by atoms with Gasteiger partial charge in [0, 0.05) is 12.3 Å². The lowest BCUT2D eigenvalue weighted by molar-refractivity contribution is -0.132.